The second kappa shape index (κ2) is 4.00. The zero-order valence-corrected chi connectivity index (χ0v) is 7.70. The average molecular weight is 183 g/mol. The maximum atomic E-state index is 8.89. The molecule has 0 unspecified atom stereocenters. The highest BCUT2D eigenvalue weighted by atomic mass is 16.5. The number of anilines is 1. The Balaban J connectivity index is 3.20. The molecule has 0 aromatic heterocycles. The molecule has 0 atom stereocenters. The quantitative estimate of drug-likeness (QED) is 0.679. The Labute approximate surface area is 76.9 Å². The highest BCUT2D eigenvalue weighted by Gasteiger charge is 2.08. The zero-order chi connectivity index (χ0) is 9.84. The summed E-state index contributed by atoms with van der Waals surface area (Å²) in [5.41, 5.74) is 6.84. The molecule has 0 spiro atoms. The van der Waals surface area contributed by atoms with E-state index in [1.165, 1.54) is 14.2 Å². The number of hydrogen-bond acceptors (Lipinski definition) is 4. The number of aliphatic hydroxyl groups excluding tert-OH is 1. The van der Waals surface area contributed by atoms with Crippen molar-refractivity contribution in [1.29, 1.82) is 0 Å². The van der Waals surface area contributed by atoms with Crippen molar-refractivity contribution in [3.05, 3.63) is 17.7 Å². The van der Waals surface area contributed by atoms with E-state index in [9.17, 15) is 0 Å². The van der Waals surface area contributed by atoms with Crippen LogP contribution in [0.4, 0.5) is 5.69 Å². The smallest absolute Gasteiger partial charge is 0.183 e. The minimum atomic E-state index is -0.0649. The highest BCUT2D eigenvalue weighted by molar-refractivity contribution is 5.62. The summed E-state index contributed by atoms with van der Waals surface area (Å²) in [6, 6.07) is 3.34. The lowest BCUT2D eigenvalue weighted by Gasteiger charge is -2.11. The Morgan fingerprint density at radius 2 is 2.00 bits per heavy atom. The van der Waals surface area contributed by atoms with E-state index < -0.39 is 0 Å². The average Bonchev–Trinajstić information content (AvgIpc) is 2.16. The molecule has 0 bridgehead atoms. The van der Waals surface area contributed by atoms with Crippen LogP contribution in [0.25, 0.3) is 0 Å². The maximum Gasteiger partial charge on any atom is 0.183 e. The van der Waals surface area contributed by atoms with Crippen molar-refractivity contribution in [2.24, 2.45) is 0 Å². The molecule has 0 amide bonds. The Kier molecular flexibility index (Phi) is 2.97. The number of methoxy groups -OCH3 is 2. The van der Waals surface area contributed by atoms with Gasteiger partial charge in [-0.25, -0.2) is 0 Å². The summed E-state index contributed by atoms with van der Waals surface area (Å²) in [4.78, 5) is 0. The maximum absolute atomic E-state index is 8.89. The van der Waals surface area contributed by atoms with Crippen LogP contribution >= 0.6 is 0 Å². The first-order chi connectivity index (χ1) is 6.22. The topological polar surface area (TPSA) is 64.7 Å². The summed E-state index contributed by atoms with van der Waals surface area (Å²) < 4.78 is 10.1. The second-order valence-electron chi connectivity index (χ2n) is 2.58. The molecule has 1 aromatic carbocycles. The molecule has 0 aliphatic rings. The van der Waals surface area contributed by atoms with Gasteiger partial charge in [0.1, 0.15) is 0 Å². The van der Waals surface area contributed by atoms with Gasteiger partial charge in [0.05, 0.1) is 26.5 Å². The van der Waals surface area contributed by atoms with Crippen LogP contribution < -0.4 is 15.2 Å². The lowest BCUT2D eigenvalue weighted by Crippen LogP contribution is -1.98. The Bertz CT molecular complexity index is 299. The first kappa shape index (κ1) is 9.67. The van der Waals surface area contributed by atoms with Crippen LogP contribution in [0.2, 0.25) is 0 Å². The van der Waals surface area contributed by atoms with E-state index in [0.29, 0.717) is 22.7 Å². The van der Waals surface area contributed by atoms with Gasteiger partial charge in [-0.3, -0.25) is 0 Å². The molecule has 1 aromatic rings. The Morgan fingerprint density at radius 3 is 2.46 bits per heavy atom. The Hall–Kier alpha value is -1.42. The van der Waals surface area contributed by atoms with Crippen molar-refractivity contribution in [3.63, 3.8) is 0 Å². The van der Waals surface area contributed by atoms with E-state index in [1.54, 1.807) is 12.1 Å². The molecule has 1 rings (SSSR count). The standard InChI is InChI=1S/C9H13NO3/c1-12-8-4-6(5-11)3-7(10)9(8)13-2/h3-4,11H,5,10H2,1-2H3. The SMILES string of the molecule is COc1cc(CO)cc(N)c1OC. The number of ether oxygens (including phenoxy) is 2. The number of rotatable bonds is 3. The Morgan fingerprint density at radius 1 is 1.31 bits per heavy atom. The fraction of sp³-hybridized carbons (Fsp3) is 0.333. The molecule has 3 N–H and O–H groups in total. The van der Waals surface area contributed by atoms with E-state index in [0.717, 1.165) is 0 Å². The third-order valence-corrected chi connectivity index (χ3v) is 1.75. The van der Waals surface area contributed by atoms with E-state index in [-0.39, 0.29) is 6.61 Å². The number of nitrogen functional groups attached to an aromatic ring is 1. The summed E-state index contributed by atoms with van der Waals surface area (Å²) in [5, 5.41) is 8.89. The minimum Gasteiger partial charge on any atom is -0.493 e. The normalized spacial score (nSPS) is 9.77. The molecule has 0 radical (unpaired) electrons. The van der Waals surface area contributed by atoms with Crippen LogP contribution in [0.15, 0.2) is 12.1 Å². The van der Waals surface area contributed by atoms with Crippen LogP contribution in [0.3, 0.4) is 0 Å². The first-order valence-electron chi connectivity index (χ1n) is 3.84. The van der Waals surface area contributed by atoms with Crippen LogP contribution in [-0.2, 0) is 6.61 Å². The molecule has 0 fully saturated rings. The molecule has 0 saturated carbocycles. The predicted molar refractivity (Wildman–Crippen MR) is 49.9 cm³/mol. The van der Waals surface area contributed by atoms with E-state index in [1.807, 2.05) is 0 Å². The van der Waals surface area contributed by atoms with Crippen LogP contribution in [0, 0.1) is 0 Å². The third kappa shape index (κ3) is 1.84. The molecule has 72 valence electrons. The van der Waals surface area contributed by atoms with Crippen molar-refractivity contribution in [3.8, 4) is 11.5 Å². The van der Waals surface area contributed by atoms with Crippen molar-refractivity contribution >= 4 is 5.69 Å². The molecule has 13 heavy (non-hydrogen) atoms. The minimum absolute atomic E-state index is 0.0649. The number of benzene rings is 1. The second-order valence-corrected chi connectivity index (χ2v) is 2.58. The molecule has 4 nitrogen and oxygen atoms in total. The molecule has 0 heterocycles. The van der Waals surface area contributed by atoms with Crippen LogP contribution in [0.1, 0.15) is 5.56 Å². The van der Waals surface area contributed by atoms with Gasteiger partial charge in [0.2, 0.25) is 0 Å². The van der Waals surface area contributed by atoms with Gasteiger partial charge in [0.15, 0.2) is 11.5 Å². The van der Waals surface area contributed by atoms with Gasteiger partial charge in [-0.05, 0) is 17.7 Å². The molecule has 4 heteroatoms. The van der Waals surface area contributed by atoms with Gasteiger partial charge in [0.25, 0.3) is 0 Å². The lowest BCUT2D eigenvalue weighted by atomic mass is 10.2. The third-order valence-electron chi connectivity index (χ3n) is 1.75. The van der Waals surface area contributed by atoms with Gasteiger partial charge in [-0.15, -0.1) is 0 Å². The molecule has 0 aliphatic carbocycles. The van der Waals surface area contributed by atoms with Crippen molar-refractivity contribution in [1.82, 2.24) is 0 Å². The molecular weight excluding hydrogens is 170 g/mol. The lowest BCUT2D eigenvalue weighted by molar-refractivity contribution is 0.280. The van der Waals surface area contributed by atoms with Gasteiger partial charge in [-0.2, -0.15) is 0 Å². The number of hydrogen-bond donors (Lipinski definition) is 2. The van der Waals surface area contributed by atoms with Gasteiger partial charge in [0, 0.05) is 0 Å². The number of nitrogens with two attached hydrogens (primary N) is 1. The molecular formula is C9H13NO3. The zero-order valence-electron chi connectivity index (χ0n) is 7.70. The van der Waals surface area contributed by atoms with Crippen LogP contribution in [0.5, 0.6) is 11.5 Å². The molecule has 0 saturated heterocycles. The summed E-state index contributed by atoms with van der Waals surface area (Å²) in [6.45, 7) is -0.0649. The van der Waals surface area contributed by atoms with E-state index >= 15 is 0 Å². The van der Waals surface area contributed by atoms with Crippen LogP contribution in [-0.4, -0.2) is 19.3 Å². The summed E-state index contributed by atoms with van der Waals surface area (Å²) in [7, 11) is 3.05. The number of aliphatic hydroxyl groups is 1. The van der Waals surface area contributed by atoms with Gasteiger partial charge < -0.3 is 20.3 Å². The predicted octanol–water partition coefficient (Wildman–Crippen LogP) is 0.778. The van der Waals surface area contributed by atoms with Gasteiger partial charge in [-0.1, -0.05) is 0 Å². The fourth-order valence-corrected chi connectivity index (χ4v) is 1.14. The monoisotopic (exact) mass is 183 g/mol. The van der Waals surface area contributed by atoms with E-state index in [2.05, 4.69) is 0 Å². The van der Waals surface area contributed by atoms with Crippen molar-refractivity contribution in [2.75, 3.05) is 20.0 Å². The molecule has 0 aliphatic heterocycles. The van der Waals surface area contributed by atoms with E-state index in [4.69, 9.17) is 20.3 Å². The van der Waals surface area contributed by atoms with Crippen molar-refractivity contribution < 1.29 is 14.6 Å². The fourth-order valence-electron chi connectivity index (χ4n) is 1.14. The highest BCUT2D eigenvalue weighted by Crippen LogP contribution is 2.34. The largest absolute Gasteiger partial charge is 0.493 e. The summed E-state index contributed by atoms with van der Waals surface area (Å²) in [5.74, 6) is 1.03. The van der Waals surface area contributed by atoms with Gasteiger partial charge >= 0.3 is 0 Å². The summed E-state index contributed by atoms with van der Waals surface area (Å²) in [6.07, 6.45) is 0. The van der Waals surface area contributed by atoms with Crippen molar-refractivity contribution in [2.45, 2.75) is 6.61 Å². The summed E-state index contributed by atoms with van der Waals surface area (Å²) >= 11 is 0. The first-order valence-corrected chi connectivity index (χ1v) is 3.84.